The Bertz CT molecular complexity index is 590. The fourth-order valence-corrected chi connectivity index (χ4v) is 2.56. The summed E-state index contributed by atoms with van der Waals surface area (Å²) in [5.74, 6) is 0. The molecule has 0 aliphatic heterocycles. The zero-order valence-electron chi connectivity index (χ0n) is 11.2. The maximum atomic E-state index is 12.5. The molecule has 0 aliphatic carbocycles. The molecule has 0 unspecified atom stereocenters. The van der Waals surface area contributed by atoms with E-state index < -0.39 is 29.4 Å². The van der Waals surface area contributed by atoms with Crippen LogP contribution in [0, 0.1) is 0 Å². The van der Waals surface area contributed by atoms with E-state index in [-0.39, 0.29) is 22.8 Å². The van der Waals surface area contributed by atoms with Gasteiger partial charge in [0.05, 0.1) is 12.3 Å². The van der Waals surface area contributed by atoms with Gasteiger partial charge in [-0.3, -0.25) is 0 Å². The number of anilines is 2. The van der Waals surface area contributed by atoms with Crippen LogP contribution in [-0.2, 0) is 10.0 Å². The number of rotatable bonds is 6. The van der Waals surface area contributed by atoms with Crippen molar-refractivity contribution in [2.24, 2.45) is 0 Å². The minimum atomic E-state index is -4.46. The van der Waals surface area contributed by atoms with Crippen molar-refractivity contribution in [2.45, 2.75) is 11.1 Å². The molecule has 0 fully saturated rings. The number of hydrogen-bond acceptors (Lipinski definition) is 5. The fourth-order valence-electron chi connectivity index (χ4n) is 1.72. The number of benzene rings is 1. The minimum absolute atomic E-state index is 0.0777. The van der Waals surface area contributed by atoms with Crippen molar-refractivity contribution >= 4 is 21.4 Å². The lowest BCUT2D eigenvalue weighted by Crippen LogP contribution is -2.36. The summed E-state index contributed by atoms with van der Waals surface area (Å²) in [7, 11) is -2.59. The van der Waals surface area contributed by atoms with Gasteiger partial charge in [0.15, 0.2) is 0 Å². The molecule has 0 saturated carbocycles. The fraction of sp³-hybridized carbons (Fsp3) is 0.455. The third-order valence-corrected chi connectivity index (χ3v) is 4.15. The Kier molecular flexibility index (Phi) is 5.42. The smallest absolute Gasteiger partial charge is 0.398 e. The van der Waals surface area contributed by atoms with Crippen molar-refractivity contribution in [3.63, 3.8) is 0 Å². The predicted octanol–water partition coefficient (Wildman–Crippen LogP) is 0.538. The van der Waals surface area contributed by atoms with Crippen molar-refractivity contribution in [1.82, 2.24) is 4.72 Å². The summed E-state index contributed by atoms with van der Waals surface area (Å²) in [6, 6.07) is 3.46. The van der Waals surface area contributed by atoms with Crippen LogP contribution in [0.5, 0.6) is 0 Å². The number of nitrogens with zero attached hydrogens (tertiary/aromatic N) is 1. The van der Waals surface area contributed by atoms with E-state index in [2.05, 4.69) is 4.72 Å². The Morgan fingerprint density at radius 3 is 2.43 bits per heavy atom. The zero-order valence-corrected chi connectivity index (χ0v) is 12.0. The second-order valence-electron chi connectivity index (χ2n) is 4.19. The summed E-state index contributed by atoms with van der Waals surface area (Å²) >= 11 is 0. The summed E-state index contributed by atoms with van der Waals surface area (Å²) in [6.07, 6.45) is -4.46. The van der Waals surface area contributed by atoms with E-state index in [1.165, 1.54) is 13.1 Å². The number of sulfonamides is 1. The van der Waals surface area contributed by atoms with Crippen LogP contribution < -0.4 is 15.4 Å². The number of nitrogen functional groups attached to an aromatic ring is 1. The topological polar surface area (TPSA) is 95.7 Å². The van der Waals surface area contributed by atoms with E-state index in [0.29, 0.717) is 0 Å². The van der Waals surface area contributed by atoms with Gasteiger partial charge in [0.2, 0.25) is 10.0 Å². The molecule has 0 radical (unpaired) electrons. The van der Waals surface area contributed by atoms with Gasteiger partial charge in [-0.2, -0.15) is 13.2 Å². The molecule has 4 N–H and O–H groups in total. The molecular formula is C11H16F3N3O3S. The number of nitrogens with one attached hydrogen (secondary N) is 1. The Morgan fingerprint density at radius 1 is 1.38 bits per heavy atom. The van der Waals surface area contributed by atoms with Crippen LogP contribution in [0.4, 0.5) is 24.5 Å². The SMILES string of the molecule is CNS(=O)(=O)c1ccc(N(CCO)CC(F)(F)F)cc1N. The highest BCUT2D eigenvalue weighted by molar-refractivity contribution is 7.89. The number of alkyl halides is 3. The summed E-state index contributed by atoms with van der Waals surface area (Å²) < 4.78 is 62.8. The van der Waals surface area contributed by atoms with Gasteiger partial charge in [-0.15, -0.1) is 0 Å². The average Bonchev–Trinajstić information content (AvgIpc) is 2.36. The van der Waals surface area contributed by atoms with E-state index in [1.807, 2.05) is 0 Å². The summed E-state index contributed by atoms with van der Waals surface area (Å²) in [5, 5.41) is 8.84. The highest BCUT2D eigenvalue weighted by atomic mass is 32.2. The monoisotopic (exact) mass is 327 g/mol. The lowest BCUT2D eigenvalue weighted by Gasteiger charge is -2.25. The van der Waals surface area contributed by atoms with Crippen LogP contribution in [0.15, 0.2) is 23.1 Å². The van der Waals surface area contributed by atoms with Gasteiger partial charge >= 0.3 is 6.18 Å². The van der Waals surface area contributed by atoms with Crippen LogP contribution in [0.2, 0.25) is 0 Å². The largest absolute Gasteiger partial charge is 0.405 e. The molecule has 120 valence electrons. The highest BCUT2D eigenvalue weighted by Gasteiger charge is 2.31. The molecule has 0 aliphatic rings. The van der Waals surface area contributed by atoms with Gasteiger partial charge in [0, 0.05) is 12.2 Å². The Hall–Kier alpha value is -1.52. The van der Waals surface area contributed by atoms with Crippen molar-refractivity contribution in [3.05, 3.63) is 18.2 Å². The van der Waals surface area contributed by atoms with Crippen molar-refractivity contribution in [2.75, 3.05) is 37.4 Å². The molecule has 0 amide bonds. The third kappa shape index (κ3) is 4.76. The van der Waals surface area contributed by atoms with Crippen molar-refractivity contribution < 1.29 is 26.7 Å². The van der Waals surface area contributed by atoms with Crippen molar-refractivity contribution in [1.29, 1.82) is 0 Å². The highest BCUT2D eigenvalue weighted by Crippen LogP contribution is 2.27. The van der Waals surface area contributed by atoms with Crippen LogP contribution in [0.1, 0.15) is 0 Å². The maximum absolute atomic E-state index is 12.5. The Labute approximate surface area is 120 Å². The normalized spacial score (nSPS) is 12.4. The predicted molar refractivity (Wildman–Crippen MR) is 72.5 cm³/mol. The van der Waals surface area contributed by atoms with Gasteiger partial charge in [-0.05, 0) is 25.2 Å². The molecule has 0 spiro atoms. The zero-order chi connectivity index (χ0) is 16.3. The molecule has 0 atom stereocenters. The lowest BCUT2D eigenvalue weighted by atomic mass is 10.2. The first-order valence-electron chi connectivity index (χ1n) is 5.86. The van der Waals surface area contributed by atoms with Gasteiger partial charge in [-0.1, -0.05) is 0 Å². The van der Waals surface area contributed by atoms with E-state index in [9.17, 15) is 21.6 Å². The van der Waals surface area contributed by atoms with E-state index in [1.54, 1.807) is 0 Å². The van der Waals surface area contributed by atoms with Crippen LogP contribution in [0.25, 0.3) is 0 Å². The van der Waals surface area contributed by atoms with Crippen molar-refractivity contribution in [3.8, 4) is 0 Å². The quantitative estimate of drug-likeness (QED) is 0.663. The number of aliphatic hydroxyl groups excluding tert-OH is 1. The first kappa shape index (κ1) is 17.5. The number of aliphatic hydroxyl groups is 1. The lowest BCUT2D eigenvalue weighted by molar-refractivity contribution is -0.119. The third-order valence-electron chi connectivity index (χ3n) is 2.66. The molecule has 21 heavy (non-hydrogen) atoms. The summed E-state index contributed by atoms with van der Waals surface area (Å²) in [6.45, 7) is -2.01. The second-order valence-corrected chi connectivity index (χ2v) is 6.04. The standard InChI is InChI=1S/C11H16F3N3O3S/c1-16-21(19,20)10-3-2-8(6-9(10)15)17(4-5-18)7-11(12,13)14/h2-3,6,16,18H,4-5,7,15H2,1H3. The number of nitrogens with two attached hydrogens (primary N) is 1. The number of hydrogen-bond donors (Lipinski definition) is 3. The second kappa shape index (κ2) is 6.50. The Balaban J connectivity index is 3.15. The van der Waals surface area contributed by atoms with Crippen LogP contribution in [-0.4, -0.2) is 46.4 Å². The van der Waals surface area contributed by atoms with Gasteiger partial charge in [0.25, 0.3) is 0 Å². The minimum Gasteiger partial charge on any atom is -0.398 e. The van der Waals surface area contributed by atoms with E-state index in [4.69, 9.17) is 10.8 Å². The first-order valence-corrected chi connectivity index (χ1v) is 7.34. The Morgan fingerprint density at radius 2 is 2.00 bits per heavy atom. The average molecular weight is 327 g/mol. The number of halogens is 3. The molecule has 1 aromatic rings. The molecule has 0 aromatic heterocycles. The molecule has 10 heteroatoms. The van der Waals surface area contributed by atoms with Gasteiger partial charge in [0.1, 0.15) is 11.4 Å². The first-order chi connectivity index (χ1) is 9.60. The van der Waals surface area contributed by atoms with Gasteiger partial charge < -0.3 is 15.7 Å². The summed E-state index contributed by atoms with van der Waals surface area (Å²) in [5.41, 5.74) is 5.49. The maximum Gasteiger partial charge on any atom is 0.405 e. The molecule has 1 rings (SSSR count). The van der Waals surface area contributed by atoms with Gasteiger partial charge in [-0.25, -0.2) is 13.1 Å². The molecule has 0 heterocycles. The van der Waals surface area contributed by atoms with Crippen LogP contribution in [0.3, 0.4) is 0 Å². The molecule has 6 nitrogen and oxygen atoms in total. The molecular weight excluding hydrogens is 311 g/mol. The molecule has 1 aromatic carbocycles. The van der Waals surface area contributed by atoms with Crippen LogP contribution >= 0.6 is 0 Å². The van der Waals surface area contributed by atoms with E-state index in [0.717, 1.165) is 17.0 Å². The molecule has 0 saturated heterocycles. The molecule has 0 bridgehead atoms. The summed E-state index contributed by atoms with van der Waals surface area (Å²) in [4.78, 5) is 0.649. The van der Waals surface area contributed by atoms with E-state index >= 15 is 0 Å².